The summed E-state index contributed by atoms with van der Waals surface area (Å²) in [4.78, 5) is 0. The molecule has 0 spiro atoms. The zero-order valence-electron chi connectivity index (χ0n) is 10.6. The molecule has 1 heterocycles. The SMILES string of the molecule is CC1CCC(NCC2Cc3ccccc3N2)C1. The molecule has 1 aromatic rings. The second kappa shape index (κ2) is 4.69. The lowest BCUT2D eigenvalue weighted by Crippen LogP contribution is -2.36. The van der Waals surface area contributed by atoms with E-state index >= 15 is 0 Å². The van der Waals surface area contributed by atoms with Gasteiger partial charge in [0, 0.05) is 24.3 Å². The first-order chi connectivity index (χ1) is 8.31. The van der Waals surface area contributed by atoms with Gasteiger partial charge in [-0.25, -0.2) is 0 Å². The fourth-order valence-corrected chi connectivity index (χ4v) is 3.20. The van der Waals surface area contributed by atoms with Crippen LogP contribution in [0.4, 0.5) is 5.69 Å². The van der Waals surface area contributed by atoms with Gasteiger partial charge in [-0.2, -0.15) is 0 Å². The molecule has 3 rings (SSSR count). The van der Waals surface area contributed by atoms with Crippen molar-refractivity contribution in [3.05, 3.63) is 29.8 Å². The Balaban J connectivity index is 1.49. The molecule has 3 unspecified atom stereocenters. The Morgan fingerprint density at radius 3 is 2.94 bits per heavy atom. The van der Waals surface area contributed by atoms with Crippen LogP contribution in [-0.4, -0.2) is 18.6 Å². The molecule has 0 amide bonds. The van der Waals surface area contributed by atoms with Crippen molar-refractivity contribution in [2.75, 3.05) is 11.9 Å². The quantitative estimate of drug-likeness (QED) is 0.834. The van der Waals surface area contributed by atoms with E-state index in [1.165, 1.54) is 36.9 Å². The van der Waals surface area contributed by atoms with Gasteiger partial charge in [0.25, 0.3) is 0 Å². The number of anilines is 1. The van der Waals surface area contributed by atoms with Crippen LogP contribution in [0.5, 0.6) is 0 Å². The third-order valence-electron chi connectivity index (χ3n) is 4.19. The number of hydrogen-bond donors (Lipinski definition) is 2. The lowest BCUT2D eigenvalue weighted by Gasteiger charge is -2.17. The maximum Gasteiger partial charge on any atom is 0.0427 e. The minimum Gasteiger partial charge on any atom is -0.380 e. The molecule has 0 radical (unpaired) electrons. The molecule has 1 fully saturated rings. The summed E-state index contributed by atoms with van der Waals surface area (Å²) in [5.74, 6) is 0.918. The van der Waals surface area contributed by atoms with Crippen LogP contribution < -0.4 is 10.6 Å². The van der Waals surface area contributed by atoms with E-state index in [9.17, 15) is 0 Å². The van der Waals surface area contributed by atoms with E-state index in [4.69, 9.17) is 0 Å². The van der Waals surface area contributed by atoms with E-state index in [0.717, 1.165) is 18.5 Å². The fourth-order valence-electron chi connectivity index (χ4n) is 3.20. The van der Waals surface area contributed by atoms with E-state index in [-0.39, 0.29) is 0 Å². The standard InChI is InChI=1S/C15H22N2/c1-11-6-7-13(8-11)16-10-14-9-12-4-2-3-5-15(12)17-14/h2-5,11,13-14,16-17H,6-10H2,1H3. The van der Waals surface area contributed by atoms with Gasteiger partial charge >= 0.3 is 0 Å². The Hall–Kier alpha value is -1.02. The van der Waals surface area contributed by atoms with Gasteiger partial charge in [0.2, 0.25) is 0 Å². The van der Waals surface area contributed by atoms with E-state index in [2.05, 4.69) is 41.8 Å². The summed E-state index contributed by atoms with van der Waals surface area (Å²) < 4.78 is 0. The van der Waals surface area contributed by atoms with Crippen molar-refractivity contribution in [3.63, 3.8) is 0 Å². The van der Waals surface area contributed by atoms with Crippen LogP contribution >= 0.6 is 0 Å². The first-order valence-electron chi connectivity index (χ1n) is 6.89. The molecule has 0 bridgehead atoms. The fraction of sp³-hybridized carbons (Fsp3) is 0.600. The normalized spacial score (nSPS) is 31.2. The molecule has 1 aliphatic carbocycles. The molecule has 3 atom stereocenters. The second-order valence-corrected chi connectivity index (χ2v) is 5.73. The van der Waals surface area contributed by atoms with Crippen LogP contribution in [0.15, 0.2) is 24.3 Å². The highest BCUT2D eigenvalue weighted by atomic mass is 15.0. The largest absolute Gasteiger partial charge is 0.380 e. The lowest BCUT2D eigenvalue weighted by molar-refractivity contribution is 0.485. The summed E-state index contributed by atoms with van der Waals surface area (Å²) in [5, 5.41) is 7.33. The van der Waals surface area contributed by atoms with E-state index in [0.29, 0.717) is 6.04 Å². The highest BCUT2D eigenvalue weighted by molar-refractivity contribution is 5.56. The van der Waals surface area contributed by atoms with Gasteiger partial charge in [-0.05, 0) is 43.2 Å². The molecule has 1 aliphatic heterocycles. The minimum absolute atomic E-state index is 0.586. The number of fused-ring (bicyclic) bond motifs is 1. The molecule has 17 heavy (non-hydrogen) atoms. The summed E-state index contributed by atoms with van der Waals surface area (Å²) in [6.45, 7) is 3.47. The van der Waals surface area contributed by atoms with Crippen molar-refractivity contribution in [2.24, 2.45) is 5.92 Å². The average Bonchev–Trinajstić information content (AvgIpc) is 2.91. The van der Waals surface area contributed by atoms with Crippen LogP contribution in [0.3, 0.4) is 0 Å². The average molecular weight is 230 g/mol. The number of benzene rings is 1. The summed E-state index contributed by atoms with van der Waals surface area (Å²) >= 11 is 0. The molecule has 2 aliphatic rings. The van der Waals surface area contributed by atoms with Crippen molar-refractivity contribution in [1.82, 2.24) is 5.32 Å². The Morgan fingerprint density at radius 2 is 2.18 bits per heavy atom. The second-order valence-electron chi connectivity index (χ2n) is 5.73. The molecule has 1 saturated carbocycles. The van der Waals surface area contributed by atoms with Crippen LogP contribution in [-0.2, 0) is 6.42 Å². The van der Waals surface area contributed by atoms with Crippen molar-refractivity contribution in [3.8, 4) is 0 Å². The molecule has 0 saturated heterocycles. The van der Waals surface area contributed by atoms with Crippen molar-refractivity contribution < 1.29 is 0 Å². The van der Waals surface area contributed by atoms with Gasteiger partial charge < -0.3 is 10.6 Å². The third-order valence-corrected chi connectivity index (χ3v) is 4.19. The number of rotatable bonds is 3. The van der Waals surface area contributed by atoms with Crippen molar-refractivity contribution >= 4 is 5.69 Å². The molecule has 2 N–H and O–H groups in total. The molecule has 1 aromatic carbocycles. The summed E-state index contributed by atoms with van der Waals surface area (Å²) in [6.07, 6.45) is 5.29. The van der Waals surface area contributed by atoms with E-state index in [1.807, 2.05) is 0 Å². The van der Waals surface area contributed by atoms with Gasteiger partial charge in [0.1, 0.15) is 0 Å². The Kier molecular flexibility index (Phi) is 3.06. The van der Waals surface area contributed by atoms with Crippen molar-refractivity contribution in [2.45, 2.75) is 44.7 Å². The van der Waals surface area contributed by atoms with Gasteiger partial charge in [0.05, 0.1) is 0 Å². The first-order valence-corrected chi connectivity index (χ1v) is 6.89. The maximum absolute atomic E-state index is 3.73. The predicted octanol–water partition coefficient (Wildman–Crippen LogP) is 2.80. The molecule has 2 nitrogen and oxygen atoms in total. The molecule has 92 valence electrons. The van der Waals surface area contributed by atoms with Crippen molar-refractivity contribution in [1.29, 1.82) is 0 Å². The predicted molar refractivity (Wildman–Crippen MR) is 72.4 cm³/mol. The van der Waals surface area contributed by atoms with E-state index in [1.54, 1.807) is 0 Å². The zero-order valence-corrected chi connectivity index (χ0v) is 10.6. The number of nitrogens with one attached hydrogen (secondary N) is 2. The summed E-state index contributed by atoms with van der Waals surface area (Å²) in [6, 6.07) is 10.0. The monoisotopic (exact) mass is 230 g/mol. The topological polar surface area (TPSA) is 24.1 Å². The van der Waals surface area contributed by atoms with Gasteiger partial charge in [0.15, 0.2) is 0 Å². The van der Waals surface area contributed by atoms with Gasteiger partial charge in [-0.1, -0.05) is 25.1 Å². The third kappa shape index (κ3) is 2.47. The van der Waals surface area contributed by atoms with Gasteiger partial charge in [-0.3, -0.25) is 0 Å². The molecule has 0 aromatic heterocycles. The van der Waals surface area contributed by atoms with Crippen LogP contribution in [0.25, 0.3) is 0 Å². The Labute approximate surface area is 104 Å². The van der Waals surface area contributed by atoms with Crippen LogP contribution in [0.1, 0.15) is 31.7 Å². The molecule has 2 heteroatoms. The molecular weight excluding hydrogens is 208 g/mol. The highest BCUT2D eigenvalue weighted by Gasteiger charge is 2.24. The van der Waals surface area contributed by atoms with E-state index < -0.39 is 0 Å². The number of para-hydroxylation sites is 1. The minimum atomic E-state index is 0.586. The Morgan fingerprint density at radius 1 is 1.29 bits per heavy atom. The van der Waals surface area contributed by atoms with Gasteiger partial charge in [-0.15, -0.1) is 0 Å². The van der Waals surface area contributed by atoms with Crippen LogP contribution in [0, 0.1) is 5.92 Å². The lowest BCUT2D eigenvalue weighted by atomic mass is 10.1. The smallest absolute Gasteiger partial charge is 0.0427 e. The number of hydrogen-bond acceptors (Lipinski definition) is 2. The summed E-state index contributed by atoms with van der Waals surface area (Å²) in [7, 11) is 0. The maximum atomic E-state index is 3.73. The summed E-state index contributed by atoms with van der Waals surface area (Å²) in [5.41, 5.74) is 2.80. The molecular formula is C15H22N2. The zero-order chi connectivity index (χ0) is 11.7. The highest BCUT2D eigenvalue weighted by Crippen LogP contribution is 2.27. The first kappa shape index (κ1) is 11.1. The Bertz CT molecular complexity index is 363. The van der Waals surface area contributed by atoms with Crippen LogP contribution in [0.2, 0.25) is 0 Å².